The summed E-state index contributed by atoms with van der Waals surface area (Å²) in [6.45, 7) is 1.15. The van der Waals surface area contributed by atoms with Gasteiger partial charge in [-0.05, 0) is 19.2 Å². The van der Waals surface area contributed by atoms with Gasteiger partial charge < -0.3 is 14.8 Å². The monoisotopic (exact) mass is 210 g/mol. The number of hydrogen-bond donors (Lipinski definition) is 1. The summed E-state index contributed by atoms with van der Waals surface area (Å²) in [5.74, 6) is -0.137. The van der Waals surface area contributed by atoms with Gasteiger partial charge in [-0.3, -0.25) is 0 Å². The Hall–Kier alpha value is -1.62. The Bertz CT molecular complexity index is 328. The molecule has 1 aromatic rings. The van der Waals surface area contributed by atoms with Crippen molar-refractivity contribution in [2.75, 3.05) is 27.3 Å². The van der Waals surface area contributed by atoms with Crippen molar-refractivity contribution >= 4 is 5.97 Å². The first-order chi connectivity index (χ1) is 7.29. The fourth-order valence-electron chi connectivity index (χ4n) is 1.02. The lowest BCUT2D eigenvalue weighted by Crippen LogP contribution is -2.17. The number of ether oxygens (including phenoxy) is 2. The van der Waals surface area contributed by atoms with Crippen LogP contribution in [0.4, 0.5) is 0 Å². The van der Waals surface area contributed by atoms with Crippen LogP contribution in [-0.2, 0) is 4.74 Å². The summed E-state index contributed by atoms with van der Waals surface area (Å²) in [7, 11) is 3.15. The van der Waals surface area contributed by atoms with Crippen molar-refractivity contribution < 1.29 is 14.3 Å². The van der Waals surface area contributed by atoms with E-state index < -0.39 is 5.97 Å². The van der Waals surface area contributed by atoms with Crippen molar-refractivity contribution in [2.24, 2.45) is 0 Å². The van der Waals surface area contributed by atoms with Crippen molar-refractivity contribution in [1.82, 2.24) is 10.3 Å². The summed E-state index contributed by atoms with van der Waals surface area (Å²) in [4.78, 5) is 15.3. The summed E-state index contributed by atoms with van der Waals surface area (Å²) in [6, 6.07) is 3.28. The van der Waals surface area contributed by atoms with E-state index in [1.54, 1.807) is 18.3 Å². The third-order valence-electron chi connectivity index (χ3n) is 1.77. The lowest BCUT2D eigenvalue weighted by Gasteiger charge is -2.07. The van der Waals surface area contributed by atoms with Crippen LogP contribution in [0.5, 0.6) is 5.88 Å². The molecule has 0 aliphatic carbocycles. The molecule has 0 aromatic carbocycles. The molecule has 0 saturated carbocycles. The number of likely N-dealkylation sites (N-methyl/N-ethyl adjacent to an activating group) is 1. The normalized spacial score (nSPS) is 9.73. The van der Waals surface area contributed by atoms with E-state index in [0.29, 0.717) is 24.6 Å². The van der Waals surface area contributed by atoms with E-state index in [9.17, 15) is 4.79 Å². The van der Waals surface area contributed by atoms with E-state index in [1.807, 2.05) is 7.05 Å². The second kappa shape index (κ2) is 5.98. The Balaban J connectivity index is 2.73. The summed E-state index contributed by atoms with van der Waals surface area (Å²) < 4.78 is 9.93. The van der Waals surface area contributed by atoms with Crippen LogP contribution in [-0.4, -0.2) is 38.3 Å². The van der Waals surface area contributed by atoms with Crippen molar-refractivity contribution in [1.29, 1.82) is 0 Å². The van der Waals surface area contributed by atoms with E-state index in [2.05, 4.69) is 15.0 Å². The highest BCUT2D eigenvalue weighted by molar-refractivity contribution is 5.91. The fourth-order valence-corrected chi connectivity index (χ4v) is 1.02. The molecule has 0 unspecified atom stereocenters. The van der Waals surface area contributed by atoms with E-state index in [1.165, 1.54) is 7.11 Å². The Morgan fingerprint density at radius 2 is 2.40 bits per heavy atom. The molecule has 15 heavy (non-hydrogen) atoms. The van der Waals surface area contributed by atoms with Gasteiger partial charge in [-0.15, -0.1) is 0 Å². The molecule has 0 atom stereocenters. The van der Waals surface area contributed by atoms with Gasteiger partial charge >= 0.3 is 5.97 Å². The van der Waals surface area contributed by atoms with Crippen LogP contribution in [0.15, 0.2) is 18.3 Å². The summed E-state index contributed by atoms with van der Waals surface area (Å²) in [6.07, 6.45) is 1.57. The Labute approximate surface area is 88.4 Å². The number of methoxy groups -OCH3 is 1. The zero-order valence-corrected chi connectivity index (χ0v) is 8.82. The maximum Gasteiger partial charge on any atom is 0.343 e. The van der Waals surface area contributed by atoms with Gasteiger partial charge in [-0.1, -0.05) is 0 Å². The molecule has 1 heterocycles. The van der Waals surface area contributed by atoms with Gasteiger partial charge in [0.15, 0.2) is 0 Å². The van der Waals surface area contributed by atoms with Crippen LogP contribution in [0.3, 0.4) is 0 Å². The summed E-state index contributed by atoms with van der Waals surface area (Å²) >= 11 is 0. The second-order valence-electron chi connectivity index (χ2n) is 2.80. The molecule has 0 saturated heterocycles. The minimum atomic E-state index is -0.442. The molecule has 0 bridgehead atoms. The van der Waals surface area contributed by atoms with Crippen LogP contribution < -0.4 is 10.1 Å². The number of rotatable bonds is 5. The second-order valence-corrected chi connectivity index (χ2v) is 2.80. The topological polar surface area (TPSA) is 60.5 Å². The summed E-state index contributed by atoms with van der Waals surface area (Å²) in [5, 5.41) is 2.93. The van der Waals surface area contributed by atoms with Crippen LogP contribution in [0.2, 0.25) is 0 Å². The molecule has 1 N–H and O–H groups in total. The number of aromatic nitrogens is 1. The molecule has 0 amide bonds. The molecule has 5 nitrogen and oxygen atoms in total. The van der Waals surface area contributed by atoms with Gasteiger partial charge in [-0.2, -0.15) is 0 Å². The molecule has 0 aliphatic heterocycles. The maximum atomic E-state index is 11.3. The van der Waals surface area contributed by atoms with Crippen molar-refractivity contribution in [3.63, 3.8) is 0 Å². The lowest BCUT2D eigenvalue weighted by molar-refractivity contribution is 0.0595. The SMILES string of the molecule is CNCCOc1ncccc1C(=O)OC. The molecular weight excluding hydrogens is 196 g/mol. The fraction of sp³-hybridized carbons (Fsp3) is 0.400. The van der Waals surface area contributed by atoms with Gasteiger partial charge in [0.25, 0.3) is 0 Å². The summed E-state index contributed by atoms with van der Waals surface area (Å²) in [5.41, 5.74) is 0.344. The van der Waals surface area contributed by atoms with Crippen LogP contribution in [0.25, 0.3) is 0 Å². The third kappa shape index (κ3) is 3.21. The quantitative estimate of drug-likeness (QED) is 0.565. The minimum absolute atomic E-state index is 0.305. The molecule has 0 radical (unpaired) electrons. The van der Waals surface area contributed by atoms with E-state index in [0.717, 1.165) is 0 Å². The minimum Gasteiger partial charge on any atom is -0.476 e. The van der Waals surface area contributed by atoms with Gasteiger partial charge in [-0.25, -0.2) is 9.78 Å². The number of carbonyl (C=O) groups is 1. The molecule has 0 aliphatic rings. The predicted molar refractivity (Wildman–Crippen MR) is 55.0 cm³/mol. The molecular formula is C10H14N2O3. The van der Waals surface area contributed by atoms with Crippen LogP contribution in [0, 0.1) is 0 Å². The number of carbonyl (C=O) groups excluding carboxylic acids is 1. The lowest BCUT2D eigenvalue weighted by atomic mass is 10.3. The molecule has 0 fully saturated rings. The molecule has 82 valence electrons. The molecule has 1 aromatic heterocycles. The standard InChI is InChI=1S/C10H14N2O3/c1-11-6-7-15-9-8(10(13)14-2)4-3-5-12-9/h3-5,11H,6-7H2,1-2H3. The maximum absolute atomic E-state index is 11.3. The van der Waals surface area contributed by atoms with Gasteiger partial charge in [0, 0.05) is 12.7 Å². The van der Waals surface area contributed by atoms with E-state index in [-0.39, 0.29) is 0 Å². The Kier molecular flexibility index (Phi) is 4.56. The Morgan fingerprint density at radius 1 is 1.60 bits per heavy atom. The molecule has 0 spiro atoms. The highest BCUT2D eigenvalue weighted by Crippen LogP contribution is 2.14. The zero-order valence-electron chi connectivity index (χ0n) is 8.82. The van der Waals surface area contributed by atoms with Gasteiger partial charge in [0.1, 0.15) is 12.2 Å². The number of esters is 1. The van der Waals surface area contributed by atoms with Gasteiger partial charge in [0.2, 0.25) is 5.88 Å². The predicted octanol–water partition coefficient (Wildman–Crippen LogP) is 0.466. The first-order valence-corrected chi connectivity index (χ1v) is 4.60. The number of pyridine rings is 1. The van der Waals surface area contributed by atoms with Crippen molar-refractivity contribution in [2.45, 2.75) is 0 Å². The Morgan fingerprint density at radius 3 is 3.07 bits per heavy atom. The van der Waals surface area contributed by atoms with E-state index >= 15 is 0 Å². The number of nitrogens with zero attached hydrogens (tertiary/aromatic N) is 1. The number of nitrogens with one attached hydrogen (secondary N) is 1. The average Bonchev–Trinajstić information content (AvgIpc) is 2.29. The number of hydrogen-bond acceptors (Lipinski definition) is 5. The first-order valence-electron chi connectivity index (χ1n) is 4.60. The van der Waals surface area contributed by atoms with Crippen molar-refractivity contribution in [3.05, 3.63) is 23.9 Å². The average molecular weight is 210 g/mol. The van der Waals surface area contributed by atoms with Crippen LogP contribution in [0.1, 0.15) is 10.4 Å². The van der Waals surface area contributed by atoms with Crippen molar-refractivity contribution in [3.8, 4) is 5.88 Å². The molecule has 1 rings (SSSR count). The first kappa shape index (κ1) is 11.5. The smallest absolute Gasteiger partial charge is 0.343 e. The highest BCUT2D eigenvalue weighted by Gasteiger charge is 2.12. The van der Waals surface area contributed by atoms with Gasteiger partial charge in [0.05, 0.1) is 7.11 Å². The van der Waals surface area contributed by atoms with Crippen LogP contribution >= 0.6 is 0 Å². The molecule has 5 heteroatoms. The largest absolute Gasteiger partial charge is 0.476 e. The van der Waals surface area contributed by atoms with E-state index in [4.69, 9.17) is 4.74 Å². The zero-order chi connectivity index (χ0) is 11.1. The third-order valence-corrected chi connectivity index (χ3v) is 1.77. The highest BCUT2D eigenvalue weighted by atomic mass is 16.5.